The van der Waals surface area contributed by atoms with Crippen molar-refractivity contribution in [3.8, 4) is 0 Å². The van der Waals surface area contributed by atoms with Crippen LogP contribution in [0.2, 0.25) is 0 Å². The number of aliphatic imine (C=N–C) groups is 1. The molecule has 0 radical (unpaired) electrons. The second-order valence-electron chi connectivity index (χ2n) is 2.27. The van der Waals surface area contributed by atoms with Crippen LogP contribution >= 0.6 is 0 Å². The standard InChI is InChI=1S/C7H11N3O2/c1-5-4-8-6(11-2)7(12-3)10-9-5/h4H2,1-3H3. The molecule has 5 nitrogen and oxygen atoms in total. The minimum Gasteiger partial charge on any atom is -0.477 e. The molecule has 66 valence electrons. The van der Waals surface area contributed by atoms with Crippen LogP contribution in [0.25, 0.3) is 0 Å². The zero-order valence-electron chi connectivity index (χ0n) is 7.37. The van der Waals surface area contributed by atoms with Crippen molar-refractivity contribution in [2.45, 2.75) is 6.92 Å². The van der Waals surface area contributed by atoms with Crippen LogP contribution in [-0.2, 0) is 9.47 Å². The summed E-state index contributed by atoms with van der Waals surface area (Å²) in [6, 6.07) is 0. The van der Waals surface area contributed by atoms with E-state index in [1.165, 1.54) is 14.2 Å². The summed E-state index contributed by atoms with van der Waals surface area (Å²) in [5, 5.41) is 7.66. The fourth-order valence-corrected chi connectivity index (χ4v) is 0.739. The number of hydrogen-bond acceptors (Lipinski definition) is 5. The molecule has 0 atom stereocenters. The molecule has 0 unspecified atom stereocenters. The number of nitrogens with zero attached hydrogens (tertiary/aromatic N) is 3. The molecule has 0 aromatic heterocycles. The summed E-state index contributed by atoms with van der Waals surface area (Å²) < 4.78 is 9.85. The number of methoxy groups -OCH3 is 2. The second-order valence-corrected chi connectivity index (χ2v) is 2.27. The van der Waals surface area contributed by atoms with Gasteiger partial charge in [-0.2, -0.15) is 5.10 Å². The lowest BCUT2D eigenvalue weighted by Gasteiger charge is -2.02. The molecule has 0 aromatic carbocycles. The van der Waals surface area contributed by atoms with E-state index in [4.69, 9.17) is 9.47 Å². The van der Waals surface area contributed by atoms with Crippen LogP contribution in [0.5, 0.6) is 0 Å². The Kier molecular flexibility index (Phi) is 2.79. The maximum absolute atomic E-state index is 4.94. The zero-order chi connectivity index (χ0) is 8.97. The van der Waals surface area contributed by atoms with Gasteiger partial charge in [0.2, 0.25) is 0 Å². The zero-order valence-corrected chi connectivity index (χ0v) is 7.37. The van der Waals surface area contributed by atoms with Crippen molar-refractivity contribution in [3.05, 3.63) is 0 Å². The molecular weight excluding hydrogens is 158 g/mol. The molecule has 12 heavy (non-hydrogen) atoms. The van der Waals surface area contributed by atoms with Crippen LogP contribution < -0.4 is 0 Å². The number of rotatable bonds is 0. The van der Waals surface area contributed by atoms with Gasteiger partial charge >= 0.3 is 0 Å². The third-order valence-electron chi connectivity index (χ3n) is 1.33. The summed E-state index contributed by atoms with van der Waals surface area (Å²) in [4.78, 5) is 4.08. The Bertz CT molecular complexity index is 255. The summed E-state index contributed by atoms with van der Waals surface area (Å²) in [5.74, 6) is 0.701. The molecule has 1 rings (SSSR count). The first-order valence-corrected chi connectivity index (χ1v) is 3.52. The smallest absolute Gasteiger partial charge is 0.296 e. The fourth-order valence-electron chi connectivity index (χ4n) is 0.739. The first kappa shape index (κ1) is 8.70. The van der Waals surface area contributed by atoms with E-state index in [-0.39, 0.29) is 0 Å². The molecule has 0 fully saturated rings. The van der Waals surface area contributed by atoms with E-state index in [2.05, 4.69) is 15.2 Å². The molecule has 0 aromatic rings. The molecule has 0 bridgehead atoms. The molecule has 5 heteroatoms. The van der Waals surface area contributed by atoms with Crippen molar-refractivity contribution < 1.29 is 9.47 Å². The van der Waals surface area contributed by atoms with Gasteiger partial charge in [-0.25, -0.2) is 4.99 Å². The highest BCUT2D eigenvalue weighted by Crippen LogP contribution is 1.96. The van der Waals surface area contributed by atoms with Crippen LogP contribution in [0, 0.1) is 0 Å². The molecule has 0 amide bonds. The van der Waals surface area contributed by atoms with Gasteiger partial charge in [0.05, 0.1) is 26.5 Å². The van der Waals surface area contributed by atoms with Gasteiger partial charge in [-0.05, 0) is 6.92 Å². The van der Waals surface area contributed by atoms with Gasteiger partial charge in [0.1, 0.15) is 0 Å². The summed E-state index contributed by atoms with van der Waals surface area (Å²) in [6.07, 6.45) is 0. The highest BCUT2D eigenvalue weighted by molar-refractivity contribution is 6.35. The third-order valence-corrected chi connectivity index (χ3v) is 1.33. The van der Waals surface area contributed by atoms with Gasteiger partial charge in [0.25, 0.3) is 11.8 Å². The lowest BCUT2D eigenvalue weighted by molar-refractivity contribution is 0.366. The number of hydrogen-bond donors (Lipinski definition) is 0. The maximum atomic E-state index is 4.94. The normalized spacial score (nSPS) is 17.1. The molecule has 1 aliphatic rings. The van der Waals surface area contributed by atoms with Crippen LogP contribution in [0.4, 0.5) is 0 Å². The third kappa shape index (κ3) is 1.81. The van der Waals surface area contributed by atoms with Gasteiger partial charge in [0, 0.05) is 0 Å². The molecule has 0 saturated carbocycles. The monoisotopic (exact) mass is 169 g/mol. The minimum absolute atomic E-state index is 0.314. The van der Waals surface area contributed by atoms with Gasteiger partial charge in [-0.1, -0.05) is 0 Å². The predicted octanol–water partition coefficient (Wildman–Crippen LogP) is 0.466. The van der Waals surface area contributed by atoms with Gasteiger partial charge in [0.15, 0.2) is 0 Å². The van der Waals surface area contributed by atoms with Crippen molar-refractivity contribution in [2.75, 3.05) is 20.8 Å². The predicted molar refractivity (Wildman–Crippen MR) is 46.9 cm³/mol. The summed E-state index contributed by atoms with van der Waals surface area (Å²) in [5.41, 5.74) is 0.830. The fraction of sp³-hybridized carbons (Fsp3) is 0.571. The molecule has 1 heterocycles. The molecule has 0 spiro atoms. The highest BCUT2D eigenvalue weighted by atomic mass is 16.5. The Balaban J connectivity index is 2.89. The topological polar surface area (TPSA) is 55.5 Å². The van der Waals surface area contributed by atoms with E-state index in [0.717, 1.165) is 5.71 Å². The average molecular weight is 169 g/mol. The lowest BCUT2D eigenvalue weighted by Crippen LogP contribution is -2.17. The van der Waals surface area contributed by atoms with Crippen molar-refractivity contribution in [1.82, 2.24) is 0 Å². The minimum atomic E-state index is 0.314. The number of ether oxygens (including phenoxy) is 2. The largest absolute Gasteiger partial charge is 0.477 e. The Morgan fingerprint density at radius 2 is 1.75 bits per heavy atom. The first-order chi connectivity index (χ1) is 5.77. The summed E-state index contributed by atoms with van der Waals surface area (Å²) in [7, 11) is 3.03. The average Bonchev–Trinajstić information content (AvgIpc) is 2.27. The maximum Gasteiger partial charge on any atom is 0.296 e. The van der Waals surface area contributed by atoms with E-state index >= 15 is 0 Å². The van der Waals surface area contributed by atoms with Crippen molar-refractivity contribution in [3.63, 3.8) is 0 Å². The molecular formula is C7H11N3O2. The van der Waals surface area contributed by atoms with Crippen LogP contribution in [0.3, 0.4) is 0 Å². The highest BCUT2D eigenvalue weighted by Gasteiger charge is 2.12. The van der Waals surface area contributed by atoms with E-state index in [9.17, 15) is 0 Å². The Morgan fingerprint density at radius 3 is 2.33 bits per heavy atom. The van der Waals surface area contributed by atoms with Crippen molar-refractivity contribution >= 4 is 17.5 Å². The van der Waals surface area contributed by atoms with E-state index in [1.807, 2.05) is 6.92 Å². The van der Waals surface area contributed by atoms with Gasteiger partial charge < -0.3 is 9.47 Å². The van der Waals surface area contributed by atoms with Crippen LogP contribution in [0.15, 0.2) is 15.2 Å². The Hall–Kier alpha value is -1.39. The van der Waals surface area contributed by atoms with E-state index < -0.39 is 0 Å². The molecule has 0 N–H and O–H groups in total. The van der Waals surface area contributed by atoms with Gasteiger partial charge in [-0.3, -0.25) is 0 Å². The quantitative estimate of drug-likeness (QED) is 0.529. The van der Waals surface area contributed by atoms with E-state index in [1.54, 1.807) is 0 Å². The SMILES string of the molecule is COC1=NCC(C)=NN=C1OC. The second kappa shape index (κ2) is 3.85. The van der Waals surface area contributed by atoms with Crippen molar-refractivity contribution in [1.29, 1.82) is 0 Å². The summed E-state index contributed by atoms with van der Waals surface area (Å²) >= 11 is 0. The Labute approximate surface area is 70.8 Å². The molecule has 0 aliphatic carbocycles. The molecule has 0 saturated heterocycles. The molecule has 1 aliphatic heterocycles. The van der Waals surface area contributed by atoms with Crippen LogP contribution in [0.1, 0.15) is 6.92 Å². The van der Waals surface area contributed by atoms with Gasteiger partial charge in [-0.15, -0.1) is 5.10 Å². The van der Waals surface area contributed by atoms with E-state index in [0.29, 0.717) is 18.3 Å². The summed E-state index contributed by atoms with van der Waals surface area (Å²) in [6.45, 7) is 2.35. The Morgan fingerprint density at radius 1 is 1.08 bits per heavy atom. The lowest BCUT2D eigenvalue weighted by atomic mass is 10.4. The first-order valence-electron chi connectivity index (χ1n) is 3.52. The van der Waals surface area contributed by atoms with Crippen molar-refractivity contribution in [2.24, 2.45) is 15.2 Å². The van der Waals surface area contributed by atoms with Crippen LogP contribution in [-0.4, -0.2) is 38.3 Å².